The third-order valence-corrected chi connectivity index (χ3v) is 5.73. The van der Waals surface area contributed by atoms with Crippen LogP contribution in [0, 0.1) is 13.8 Å². The molecule has 9 heteroatoms. The first kappa shape index (κ1) is 20.4. The highest BCUT2D eigenvalue weighted by Gasteiger charge is 2.21. The van der Waals surface area contributed by atoms with Gasteiger partial charge in [-0.15, -0.1) is 0 Å². The summed E-state index contributed by atoms with van der Waals surface area (Å²) in [6.07, 6.45) is 0.919. The predicted molar refractivity (Wildman–Crippen MR) is 115 cm³/mol. The second-order valence-corrected chi connectivity index (χ2v) is 7.96. The second-order valence-electron chi connectivity index (χ2n) is 7.53. The Hall–Kier alpha value is -2.87. The van der Waals surface area contributed by atoms with Crippen LogP contribution in [0.1, 0.15) is 24.3 Å². The molecule has 4 rings (SSSR count). The van der Waals surface area contributed by atoms with Crippen LogP contribution in [0.3, 0.4) is 0 Å². The lowest BCUT2D eigenvalue weighted by Gasteiger charge is -2.36. The van der Waals surface area contributed by atoms with E-state index < -0.39 is 0 Å². The first-order chi connectivity index (χ1) is 14.4. The molecule has 1 aromatic carbocycles. The quantitative estimate of drug-likeness (QED) is 0.620. The van der Waals surface area contributed by atoms with Gasteiger partial charge >= 0.3 is 0 Å². The van der Waals surface area contributed by atoms with Crippen LogP contribution in [0.5, 0.6) is 0 Å². The van der Waals surface area contributed by atoms with Crippen molar-refractivity contribution in [3.05, 3.63) is 51.1 Å². The summed E-state index contributed by atoms with van der Waals surface area (Å²) < 4.78 is 6.50. The number of amides is 1. The lowest BCUT2D eigenvalue weighted by Crippen LogP contribution is -2.48. The van der Waals surface area contributed by atoms with Gasteiger partial charge in [0.25, 0.3) is 5.56 Å². The second kappa shape index (κ2) is 8.47. The number of halogens is 1. The number of aromatic nitrogens is 3. The van der Waals surface area contributed by atoms with E-state index in [1.165, 1.54) is 4.68 Å². The summed E-state index contributed by atoms with van der Waals surface area (Å²) in [5.74, 6) is 0.690. The Bertz CT molecular complexity index is 1130. The minimum absolute atomic E-state index is 0.101. The van der Waals surface area contributed by atoms with Crippen molar-refractivity contribution in [1.82, 2.24) is 19.8 Å². The molecule has 0 unspecified atom stereocenters. The average molecular weight is 430 g/mol. The maximum atomic E-state index is 12.6. The van der Waals surface area contributed by atoms with Crippen molar-refractivity contribution < 1.29 is 9.32 Å². The zero-order valence-electron chi connectivity index (χ0n) is 17.1. The number of benzene rings is 1. The summed E-state index contributed by atoms with van der Waals surface area (Å²) in [7, 11) is 0. The summed E-state index contributed by atoms with van der Waals surface area (Å²) in [6.45, 7) is 6.85. The summed E-state index contributed by atoms with van der Waals surface area (Å²) in [4.78, 5) is 29.3. The number of fused-ring (bicyclic) bond motifs is 1. The molecule has 0 bridgehead atoms. The molecular weight excluding hydrogens is 406 g/mol. The highest BCUT2D eigenvalue weighted by atomic mass is 35.5. The van der Waals surface area contributed by atoms with Gasteiger partial charge in [0.2, 0.25) is 5.91 Å². The Kier molecular flexibility index (Phi) is 5.76. The van der Waals surface area contributed by atoms with Crippen LogP contribution in [0.15, 0.2) is 33.6 Å². The molecule has 0 saturated carbocycles. The number of hydrogen-bond acceptors (Lipinski definition) is 6. The summed E-state index contributed by atoms with van der Waals surface area (Å²) in [5.41, 5.74) is 1.79. The largest absolute Gasteiger partial charge is 0.368 e. The molecule has 3 heterocycles. The van der Waals surface area contributed by atoms with Crippen LogP contribution in [0.4, 0.5) is 5.69 Å². The Balaban J connectivity index is 1.31. The molecule has 30 heavy (non-hydrogen) atoms. The fourth-order valence-corrected chi connectivity index (χ4v) is 4.10. The molecule has 0 atom stereocenters. The molecule has 1 fully saturated rings. The Morgan fingerprint density at radius 1 is 1.20 bits per heavy atom. The molecular formula is C21H24ClN5O3. The van der Waals surface area contributed by atoms with Gasteiger partial charge in [0.05, 0.1) is 11.1 Å². The molecule has 0 spiro atoms. The van der Waals surface area contributed by atoms with Gasteiger partial charge in [0.15, 0.2) is 5.52 Å². The highest BCUT2D eigenvalue weighted by Crippen LogP contribution is 2.21. The monoisotopic (exact) mass is 429 g/mol. The van der Waals surface area contributed by atoms with Crippen molar-refractivity contribution in [2.24, 2.45) is 0 Å². The summed E-state index contributed by atoms with van der Waals surface area (Å²) in [5, 5.41) is 9.60. The molecule has 2 aromatic heterocycles. The smallest absolute Gasteiger partial charge is 0.296 e. The number of rotatable bonds is 5. The molecule has 1 amide bonds. The van der Waals surface area contributed by atoms with Gasteiger partial charge in [-0.1, -0.05) is 22.8 Å². The van der Waals surface area contributed by atoms with Crippen molar-refractivity contribution in [3.63, 3.8) is 0 Å². The van der Waals surface area contributed by atoms with E-state index in [1.807, 2.05) is 36.1 Å². The van der Waals surface area contributed by atoms with E-state index in [1.54, 1.807) is 6.92 Å². The lowest BCUT2D eigenvalue weighted by atomic mass is 10.2. The van der Waals surface area contributed by atoms with E-state index >= 15 is 0 Å². The van der Waals surface area contributed by atoms with Crippen molar-refractivity contribution in [2.45, 2.75) is 33.2 Å². The average Bonchev–Trinajstić information content (AvgIpc) is 3.14. The third-order valence-electron chi connectivity index (χ3n) is 5.50. The van der Waals surface area contributed by atoms with Gasteiger partial charge in [-0.25, -0.2) is 4.68 Å². The van der Waals surface area contributed by atoms with Crippen LogP contribution >= 0.6 is 11.6 Å². The van der Waals surface area contributed by atoms with Gasteiger partial charge in [0.1, 0.15) is 5.76 Å². The maximum Gasteiger partial charge on any atom is 0.296 e. The summed E-state index contributed by atoms with van der Waals surface area (Å²) >= 11 is 6.08. The van der Waals surface area contributed by atoms with Crippen molar-refractivity contribution in [2.75, 3.05) is 31.1 Å². The molecule has 0 aliphatic carbocycles. The summed E-state index contributed by atoms with van der Waals surface area (Å²) in [6, 6.07) is 7.76. The zero-order chi connectivity index (χ0) is 21.3. The van der Waals surface area contributed by atoms with Crippen molar-refractivity contribution in [3.8, 4) is 0 Å². The SMILES string of the molecule is Cc1nn(CCCC(=O)N2CCN(c3cccc(Cl)c3)CC2)c(=O)c2noc(C)c12. The van der Waals surface area contributed by atoms with Crippen molar-refractivity contribution >= 4 is 34.1 Å². The van der Waals surface area contributed by atoms with Crippen molar-refractivity contribution in [1.29, 1.82) is 0 Å². The number of anilines is 1. The van der Waals surface area contributed by atoms with E-state index in [0.717, 1.165) is 18.8 Å². The predicted octanol–water partition coefficient (Wildman–Crippen LogP) is 2.78. The first-order valence-corrected chi connectivity index (χ1v) is 10.4. The fourth-order valence-electron chi connectivity index (χ4n) is 3.92. The van der Waals surface area contributed by atoms with E-state index in [-0.39, 0.29) is 11.5 Å². The maximum absolute atomic E-state index is 12.6. The van der Waals surface area contributed by atoms with E-state index in [0.29, 0.717) is 59.9 Å². The van der Waals surface area contributed by atoms with Crippen LogP contribution in [-0.4, -0.2) is 51.9 Å². The number of aryl methyl sites for hydroxylation is 3. The lowest BCUT2D eigenvalue weighted by molar-refractivity contribution is -0.131. The highest BCUT2D eigenvalue weighted by molar-refractivity contribution is 6.30. The zero-order valence-corrected chi connectivity index (χ0v) is 17.9. The molecule has 0 N–H and O–H groups in total. The molecule has 1 aliphatic rings. The number of hydrogen-bond donors (Lipinski definition) is 0. The minimum atomic E-state index is -0.282. The molecule has 158 valence electrons. The van der Waals surface area contributed by atoms with Gasteiger partial charge < -0.3 is 14.3 Å². The standard InChI is InChI=1S/C21H24ClN5O3/c1-14-19-15(2)30-24-20(19)21(29)27(23-14)8-4-7-18(28)26-11-9-25(10-12-26)17-6-3-5-16(22)13-17/h3,5-6,13H,4,7-12H2,1-2H3. The first-order valence-electron chi connectivity index (χ1n) is 10.1. The van der Waals surface area contributed by atoms with E-state index in [2.05, 4.69) is 15.2 Å². The molecule has 0 radical (unpaired) electrons. The number of carbonyl (C=O) groups is 1. The molecule has 8 nitrogen and oxygen atoms in total. The number of nitrogens with zero attached hydrogens (tertiary/aromatic N) is 5. The van der Waals surface area contributed by atoms with Gasteiger partial charge in [-0.3, -0.25) is 9.59 Å². The van der Waals surface area contributed by atoms with E-state index in [9.17, 15) is 9.59 Å². The van der Waals surface area contributed by atoms with Crippen LogP contribution < -0.4 is 10.5 Å². The van der Waals surface area contributed by atoms with Gasteiger partial charge in [-0.05, 0) is 38.5 Å². The van der Waals surface area contributed by atoms with Gasteiger partial charge in [0, 0.05) is 49.9 Å². The van der Waals surface area contributed by atoms with Crippen LogP contribution in [-0.2, 0) is 11.3 Å². The Labute approximate surface area is 179 Å². The van der Waals surface area contributed by atoms with Crippen LogP contribution in [0.25, 0.3) is 10.9 Å². The Morgan fingerprint density at radius 3 is 2.70 bits per heavy atom. The van der Waals surface area contributed by atoms with Gasteiger partial charge in [-0.2, -0.15) is 5.10 Å². The Morgan fingerprint density at radius 2 is 1.97 bits per heavy atom. The minimum Gasteiger partial charge on any atom is -0.368 e. The molecule has 1 aliphatic heterocycles. The fraction of sp³-hybridized carbons (Fsp3) is 0.429. The third kappa shape index (κ3) is 4.05. The number of carbonyl (C=O) groups excluding carboxylic acids is 1. The number of piperazine rings is 1. The normalized spacial score (nSPS) is 14.5. The van der Waals surface area contributed by atoms with E-state index in [4.69, 9.17) is 16.1 Å². The van der Waals surface area contributed by atoms with Crippen LogP contribution in [0.2, 0.25) is 5.02 Å². The molecule has 1 saturated heterocycles. The molecule has 3 aromatic rings. The topological polar surface area (TPSA) is 84.5 Å².